The number of hydrogen-bond donors (Lipinski definition) is 1. The van der Waals surface area contributed by atoms with E-state index in [1.165, 1.54) is 6.07 Å². The topological polar surface area (TPSA) is 38.9 Å². The molecule has 0 saturated carbocycles. The first-order chi connectivity index (χ1) is 7.72. The van der Waals surface area contributed by atoms with Gasteiger partial charge < -0.3 is 5.73 Å². The highest BCUT2D eigenvalue weighted by Gasteiger charge is 2.07. The Morgan fingerprint density at radius 2 is 2.06 bits per heavy atom. The van der Waals surface area contributed by atoms with E-state index < -0.39 is 0 Å². The molecule has 1 heterocycles. The highest BCUT2D eigenvalue weighted by molar-refractivity contribution is 9.08. The van der Waals surface area contributed by atoms with E-state index in [1.54, 1.807) is 24.4 Å². The van der Waals surface area contributed by atoms with Gasteiger partial charge in [-0.3, -0.25) is 0 Å². The Kier molecular flexibility index (Phi) is 3.19. The number of alkyl halides is 1. The van der Waals surface area contributed by atoms with E-state index in [-0.39, 0.29) is 5.82 Å². The van der Waals surface area contributed by atoms with Gasteiger partial charge in [0.05, 0.1) is 0 Å². The molecule has 1 aromatic heterocycles. The Balaban J connectivity index is 2.53. The van der Waals surface area contributed by atoms with E-state index in [0.29, 0.717) is 16.7 Å². The zero-order valence-electron chi connectivity index (χ0n) is 8.45. The zero-order chi connectivity index (χ0) is 11.5. The van der Waals surface area contributed by atoms with Crippen molar-refractivity contribution in [2.75, 3.05) is 5.73 Å². The van der Waals surface area contributed by atoms with Gasteiger partial charge in [-0.2, -0.15) is 0 Å². The van der Waals surface area contributed by atoms with Crippen LogP contribution in [0.2, 0.25) is 0 Å². The SMILES string of the molecule is Nc1ncc(-c2ccccc2F)cc1CBr. The van der Waals surface area contributed by atoms with Crippen LogP contribution in [0.15, 0.2) is 36.5 Å². The summed E-state index contributed by atoms with van der Waals surface area (Å²) in [4.78, 5) is 4.05. The van der Waals surface area contributed by atoms with Gasteiger partial charge in [-0.25, -0.2) is 9.37 Å². The van der Waals surface area contributed by atoms with Crippen LogP contribution in [0.3, 0.4) is 0 Å². The number of aromatic nitrogens is 1. The summed E-state index contributed by atoms with van der Waals surface area (Å²) in [5.74, 6) is 0.214. The van der Waals surface area contributed by atoms with E-state index in [9.17, 15) is 4.39 Å². The van der Waals surface area contributed by atoms with Crippen molar-refractivity contribution in [1.29, 1.82) is 0 Å². The monoisotopic (exact) mass is 280 g/mol. The first-order valence-corrected chi connectivity index (χ1v) is 5.90. The molecule has 0 aliphatic carbocycles. The molecular formula is C12H10BrFN2. The Labute approximate surface area is 101 Å². The molecule has 0 bridgehead atoms. The highest BCUT2D eigenvalue weighted by Crippen LogP contribution is 2.25. The third-order valence-corrected chi connectivity index (χ3v) is 2.93. The summed E-state index contributed by atoms with van der Waals surface area (Å²) in [5, 5.41) is 0.605. The summed E-state index contributed by atoms with van der Waals surface area (Å²) in [7, 11) is 0. The number of halogens is 2. The van der Waals surface area contributed by atoms with Crippen LogP contribution in [0.4, 0.5) is 10.2 Å². The van der Waals surface area contributed by atoms with Gasteiger partial charge in [-0.1, -0.05) is 34.1 Å². The first-order valence-electron chi connectivity index (χ1n) is 4.77. The minimum atomic E-state index is -0.255. The van der Waals surface area contributed by atoms with Crippen molar-refractivity contribution < 1.29 is 4.39 Å². The third-order valence-electron chi connectivity index (χ3n) is 2.33. The average Bonchev–Trinajstić information content (AvgIpc) is 2.31. The molecule has 0 unspecified atom stereocenters. The molecular weight excluding hydrogens is 271 g/mol. The highest BCUT2D eigenvalue weighted by atomic mass is 79.9. The molecule has 2 aromatic rings. The smallest absolute Gasteiger partial charge is 0.131 e. The Bertz CT molecular complexity index is 514. The van der Waals surface area contributed by atoms with Crippen molar-refractivity contribution in [3.8, 4) is 11.1 Å². The summed E-state index contributed by atoms with van der Waals surface area (Å²) in [6.07, 6.45) is 1.58. The normalized spacial score (nSPS) is 10.4. The van der Waals surface area contributed by atoms with Gasteiger partial charge in [0.1, 0.15) is 11.6 Å². The Morgan fingerprint density at radius 3 is 2.75 bits per heavy atom. The van der Waals surface area contributed by atoms with Gasteiger partial charge in [-0.15, -0.1) is 0 Å². The number of pyridine rings is 1. The molecule has 2 N–H and O–H groups in total. The molecule has 82 valence electrons. The molecule has 0 fully saturated rings. The Morgan fingerprint density at radius 1 is 1.31 bits per heavy atom. The van der Waals surface area contributed by atoms with Crippen LogP contribution in [0.1, 0.15) is 5.56 Å². The second-order valence-corrected chi connectivity index (χ2v) is 3.94. The number of hydrogen-bond acceptors (Lipinski definition) is 2. The fraction of sp³-hybridized carbons (Fsp3) is 0.0833. The summed E-state index contributed by atoms with van der Waals surface area (Å²) >= 11 is 3.32. The lowest BCUT2D eigenvalue weighted by Crippen LogP contribution is -1.96. The maximum absolute atomic E-state index is 13.5. The van der Waals surface area contributed by atoms with Gasteiger partial charge in [0.15, 0.2) is 0 Å². The minimum Gasteiger partial charge on any atom is -0.383 e. The first kappa shape index (κ1) is 11.1. The van der Waals surface area contributed by atoms with Crippen LogP contribution in [-0.2, 0) is 5.33 Å². The lowest BCUT2D eigenvalue weighted by Gasteiger charge is -2.06. The molecule has 2 nitrogen and oxygen atoms in total. The minimum absolute atomic E-state index is 0.255. The summed E-state index contributed by atoms with van der Waals surface area (Å²) < 4.78 is 13.5. The standard InChI is InChI=1S/C12H10BrFN2/c13-6-8-5-9(7-16-12(8)15)10-3-1-2-4-11(10)14/h1-5,7H,6H2,(H2,15,16). The average molecular weight is 281 g/mol. The maximum atomic E-state index is 13.5. The van der Waals surface area contributed by atoms with Gasteiger partial charge >= 0.3 is 0 Å². The second kappa shape index (κ2) is 4.61. The van der Waals surface area contributed by atoms with Crippen molar-refractivity contribution in [1.82, 2.24) is 4.98 Å². The van der Waals surface area contributed by atoms with Gasteiger partial charge in [0, 0.05) is 28.2 Å². The fourth-order valence-corrected chi connectivity index (χ4v) is 1.92. The van der Waals surface area contributed by atoms with Crippen LogP contribution < -0.4 is 5.73 Å². The summed E-state index contributed by atoms with van der Waals surface area (Å²) in [6, 6.07) is 8.45. The fourth-order valence-electron chi connectivity index (χ4n) is 1.47. The summed E-state index contributed by atoms with van der Waals surface area (Å²) in [5.41, 5.74) is 7.82. The number of nitrogens with two attached hydrogens (primary N) is 1. The number of nitrogens with zero attached hydrogens (tertiary/aromatic N) is 1. The molecule has 0 aliphatic rings. The number of anilines is 1. The molecule has 0 spiro atoms. The number of rotatable bonds is 2. The van der Waals surface area contributed by atoms with Crippen LogP contribution in [0.25, 0.3) is 11.1 Å². The Hall–Kier alpha value is -1.42. The van der Waals surface area contributed by atoms with Crippen LogP contribution in [0, 0.1) is 5.82 Å². The molecule has 0 radical (unpaired) electrons. The molecule has 0 saturated heterocycles. The molecule has 1 aromatic carbocycles. The molecule has 2 rings (SSSR count). The molecule has 0 amide bonds. The molecule has 0 atom stereocenters. The molecule has 16 heavy (non-hydrogen) atoms. The predicted octanol–water partition coefficient (Wildman–Crippen LogP) is 3.36. The number of nitrogen functional groups attached to an aromatic ring is 1. The van der Waals surface area contributed by atoms with Gasteiger partial charge in [0.25, 0.3) is 0 Å². The maximum Gasteiger partial charge on any atom is 0.131 e. The summed E-state index contributed by atoms with van der Waals surface area (Å²) in [6.45, 7) is 0. The second-order valence-electron chi connectivity index (χ2n) is 3.38. The van der Waals surface area contributed by atoms with Crippen molar-refractivity contribution in [3.63, 3.8) is 0 Å². The van der Waals surface area contributed by atoms with Crippen molar-refractivity contribution >= 4 is 21.7 Å². The van der Waals surface area contributed by atoms with Gasteiger partial charge in [0.2, 0.25) is 0 Å². The molecule has 0 aliphatic heterocycles. The van der Waals surface area contributed by atoms with E-state index in [2.05, 4.69) is 20.9 Å². The quantitative estimate of drug-likeness (QED) is 0.857. The van der Waals surface area contributed by atoms with Crippen molar-refractivity contribution in [2.24, 2.45) is 0 Å². The largest absolute Gasteiger partial charge is 0.383 e. The lowest BCUT2D eigenvalue weighted by molar-refractivity contribution is 0.631. The van der Waals surface area contributed by atoms with E-state index in [4.69, 9.17) is 5.73 Å². The van der Waals surface area contributed by atoms with Crippen molar-refractivity contribution in [3.05, 3.63) is 47.9 Å². The zero-order valence-corrected chi connectivity index (χ0v) is 10.0. The van der Waals surface area contributed by atoms with E-state index in [1.807, 2.05) is 6.07 Å². The van der Waals surface area contributed by atoms with E-state index >= 15 is 0 Å². The third kappa shape index (κ3) is 2.07. The molecule has 4 heteroatoms. The van der Waals surface area contributed by atoms with Crippen molar-refractivity contribution in [2.45, 2.75) is 5.33 Å². The number of benzene rings is 1. The van der Waals surface area contributed by atoms with Gasteiger partial charge in [-0.05, 0) is 12.1 Å². The van der Waals surface area contributed by atoms with Crippen LogP contribution in [0.5, 0.6) is 0 Å². The predicted molar refractivity (Wildman–Crippen MR) is 66.7 cm³/mol. The van der Waals surface area contributed by atoms with Crippen LogP contribution >= 0.6 is 15.9 Å². The van der Waals surface area contributed by atoms with Crippen LogP contribution in [-0.4, -0.2) is 4.98 Å². The lowest BCUT2D eigenvalue weighted by atomic mass is 10.1. The van der Waals surface area contributed by atoms with E-state index in [0.717, 1.165) is 11.1 Å².